The maximum Gasteiger partial charge on any atom is 0.160 e. The Labute approximate surface area is 106 Å². The van der Waals surface area contributed by atoms with Crippen LogP contribution in [0.4, 0.5) is 11.4 Å². The van der Waals surface area contributed by atoms with Crippen LogP contribution in [0.15, 0.2) is 16.8 Å². The van der Waals surface area contributed by atoms with Crippen LogP contribution in [0.1, 0.15) is 32.1 Å². The van der Waals surface area contributed by atoms with Gasteiger partial charge in [-0.3, -0.25) is 0 Å². The summed E-state index contributed by atoms with van der Waals surface area (Å²) in [4.78, 5) is 0. The molecule has 0 unspecified atom stereocenters. The summed E-state index contributed by atoms with van der Waals surface area (Å²) in [5, 5.41) is 11.2. The van der Waals surface area contributed by atoms with Crippen molar-refractivity contribution >= 4 is 22.4 Å². The molecular weight excluding hydrogens is 228 g/mol. The molecule has 5 nitrogen and oxygen atoms in total. The fourth-order valence-electron chi connectivity index (χ4n) is 2.67. The number of rotatable bonds is 3. The number of fused-ring (bicyclic) bond motifs is 1. The Hall–Kier alpha value is -1.78. The molecule has 0 bridgehead atoms. The molecule has 0 atom stereocenters. The largest absolute Gasteiger partial charge is 0.397 e. The van der Waals surface area contributed by atoms with E-state index in [2.05, 4.69) is 15.6 Å². The van der Waals surface area contributed by atoms with E-state index in [0.717, 1.165) is 23.7 Å². The Morgan fingerprint density at radius 3 is 2.78 bits per heavy atom. The fraction of sp³-hybridized carbons (Fsp3) is 0.538. The van der Waals surface area contributed by atoms with Gasteiger partial charge < -0.3 is 11.1 Å². The summed E-state index contributed by atoms with van der Waals surface area (Å²) < 4.78 is 4.76. The SMILES string of the molecule is Nc1ccc(NCC2CCCCC2)c2nonc12. The summed E-state index contributed by atoms with van der Waals surface area (Å²) in [6.07, 6.45) is 6.74. The molecule has 1 aromatic carbocycles. The lowest BCUT2D eigenvalue weighted by Crippen LogP contribution is -2.17. The average molecular weight is 246 g/mol. The molecule has 0 radical (unpaired) electrons. The highest BCUT2D eigenvalue weighted by atomic mass is 16.6. The van der Waals surface area contributed by atoms with Gasteiger partial charge in [0.05, 0.1) is 11.4 Å². The molecule has 0 aliphatic heterocycles. The van der Waals surface area contributed by atoms with Gasteiger partial charge in [0.2, 0.25) is 0 Å². The van der Waals surface area contributed by atoms with Crippen molar-refractivity contribution in [1.29, 1.82) is 0 Å². The van der Waals surface area contributed by atoms with Crippen LogP contribution in [0.2, 0.25) is 0 Å². The maximum atomic E-state index is 5.82. The Morgan fingerprint density at radius 1 is 1.17 bits per heavy atom. The van der Waals surface area contributed by atoms with Crippen LogP contribution in [0.25, 0.3) is 11.0 Å². The van der Waals surface area contributed by atoms with Crippen LogP contribution in [0.5, 0.6) is 0 Å². The van der Waals surface area contributed by atoms with Gasteiger partial charge in [0, 0.05) is 6.54 Å². The summed E-state index contributed by atoms with van der Waals surface area (Å²) in [5.74, 6) is 0.770. The Bertz CT molecular complexity index is 531. The van der Waals surface area contributed by atoms with E-state index in [1.165, 1.54) is 32.1 Å². The molecule has 1 saturated carbocycles. The van der Waals surface area contributed by atoms with Crippen molar-refractivity contribution in [1.82, 2.24) is 10.3 Å². The second-order valence-electron chi connectivity index (χ2n) is 5.05. The monoisotopic (exact) mass is 246 g/mol. The van der Waals surface area contributed by atoms with Crippen molar-refractivity contribution in [3.63, 3.8) is 0 Å². The van der Waals surface area contributed by atoms with Crippen molar-refractivity contribution in [2.24, 2.45) is 5.92 Å². The molecule has 2 aromatic rings. The van der Waals surface area contributed by atoms with Crippen molar-refractivity contribution < 1.29 is 4.63 Å². The number of hydrogen-bond acceptors (Lipinski definition) is 5. The Morgan fingerprint density at radius 2 is 1.94 bits per heavy atom. The van der Waals surface area contributed by atoms with E-state index in [4.69, 9.17) is 10.4 Å². The zero-order valence-electron chi connectivity index (χ0n) is 10.4. The van der Waals surface area contributed by atoms with Crippen LogP contribution in [-0.4, -0.2) is 16.9 Å². The van der Waals surface area contributed by atoms with Crippen LogP contribution in [0, 0.1) is 5.92 Å². The van der Waals surface area contributed by atoms with Gasteiger partial charge in [-0.1, -0.05) is 19.3 Å². The predicted molar refractivity (Wildman–Crippen MR) is 71.3 cm³/mol. The molecule has 18 heavy (non-hydrogen) atoms. The normalized spacial score (nSPS) is 17.1. The quantitative estimate of drug-likeness (QED) is 0.814. The first-order valence-corrected chi connectivity index (χ1v) is 6.59. The highest BCUT2D eigenvalue weighted by Crippen LogP contribution is 2.27. The molecule has 5 heteroatoms. The first kappa shape index (κ1) is 11.3. The Kier molecular flexibility index (Phi) is 3.04. The van der Waals surface area contributed by atoms with E-state index in [-0.39, 0.29) is 0 Å². The molecule has 1 aliphatic carbocycles. The molecule has 3 rings (SSSR count). The molecule has 1 heterocycles. The fourth-order valence-corrected chi connectivity index (χ4v) is 2.67. The lowest BCUT2D eigenvalue weighted by Gasteiger charge is -2.22. The van der Waals surface area contributed by atoms with E-state index in [1.807, 2.05) is 12.1 Å². The van der Waals surface area contributed by atoms with E-state index >= 15 is 0 Å². The molecule has 0 saturated heterocycles. The summed E-state index contributed by atoms with van der Waals surface area (Å²) in [7, 11) is 0. The third kappa shape index (κ3) is 2.12. The van der Waals surface area contributed by atoms with Gasteiger partial charge in [0.25, 0.3) is 0 Å². The van der Waals surface area contributed by atoms with E-state index in [0.29, 0.717) is 11.2 Å². The van der Waals surface area contributed by atoms with Crippen LogP contribution in [0.3, 0.4) is 0 Å². The van der Waals surface area contributed by atoms with Crippen LogP contribution < -0.4 is 11.1 Å². The second-order valence-corrected chi connectivity index (χ2v) is 5.05. The summed E-state index contributed by atoms with van der Waals surface area (Å²) in [6, 6.07) is 3.79. The van der Waals surface area contributed by atoms with Gasteiger partial charge in [-0.25, -0.2) is 4.63 Å². The smallest absolute Gasteiger partial charge is 0.160 e. The number of nitrogens with one attached hydrogen (secondary N) is 1. The minimum Gasteiger partial charge on any atom is -0.397 e. The van der Waals surface area contributed by atoms with Gasteiger partial charge >= 0.3 is 0 Å². The number of benzene rings is 1. The van der Waals surface area contributed by atoms with E-state index in [1.54, 1.807) is 0 Å². The zero-order valence-corrected chi connectivity index (χ0v) is 10.4. The summed E-state index contributed by atoms with van der Waals surface area (Å²) in [6.45, 7) is 0.992. The lowest BCUT2D eigenvalue weighted by atomic mass is 9.89. The van der Waals surface area contributed by atoms with Gasteiger partial charge in [0.1, 0.15) is 0 Å². The second kappa shape index (κ2) is 4.84. The van der Waals surface area contributed by atoms with E-state index in [9.17, 15) is 0 Å². The zero-order chi connectivity index (χ0) is 12.4. The highest BCUT2D eigenvalue weighted by molar-refractivity contribution is 5.94. The molecule has 0 spiro atoms. The number of nitrogen functional groups attached to an aromatic ring is 1. The molecule has 1 fully saturated rings. The predicted octanol–water partition coefficient (Wildman–Crippen LogP) is 2.80. The number of nitrogens with zero attached hydrogens (tertiary/aromatic N) is 2. The summed E-state index contributed by atoms with van der Waals surface area (Å²) in [5.41, 5.74) is 8.76. The van der Waals surface area contributed by atoms with Crippen LogP contribution in [-0.2, 0) is 0 Å². The molecule has 0 amide bonds. The minimum absolute atomic E-state index is 0.606. The third-order valence-electron chi connectivity index (χ3n) is 3.75. The van der Waals surface area contributed by atoms with Gasteiger partial charge in [-0.15, -0.1) is 0 Å². The van der Waals surface area contributed by atoms with Crippen molar-refractivity contribution in [3.8, 4) is 0 Å². The Balaban J connectivity index is 1.74. The molecular formula is C13H18N4O. The molecule has 1 aromatic heterocycles. The standard InChI is InChI=1S/C13H18N4O/c14-10-6-7-11(13-12(10)16-18-17-13)15-8-9-4-2-1-3-5-9/h6-7,9,15H,1-5,8,14H2. The molecule has 3 N–H and O–H groups in total. The first-order valence-electron chi connectivity index (χ1n) is 6.59. The van der Waals surface area contributed by atoms with Gasteiger partial charge in [0.15, 0.2) is 11.0 Å². The average Bonchev–Trinajstić information content (AvgIpc) is 2.90. The number of aromatic nitrogens is 2. The third-order valence-corrected chi connectivity index (χ3v) is 3.75. The van der Waals surface area contributed by atoms with Gasteiger partial charge in [-0.05, 0) is 41.2 Å². The number of nitrogens with two attached hydrogens (primary N) is 1. The topological polar surface area (TPSA) is 77.0 Å². The van der Waals surface area contributed by atoms with Crippen LogP contribution >= 0.6 is 0 Å². The number of hydrogen-bond donors (Lipinski definition) is 2. The van der Waals surface area contributed by atoms with Crippen molar-refractivity contribution in [2.75, 3.05) is 17.6 Å². The van der Waals surface area contributed by atoms with Gasteiger partial charge in [-0.2, -0.15) is 0 Å². The first-order chi connectivity index (χ1) is 8.84. The van der Waals surface area contributed by atoms with Crippen molar-refractivity contribution in [3.05, 3.63) is 12.1 Å². The van der Waals surface area contributed by atoms with E-state index < -0.39 is 0 Å². The lowest BCUT2D eigenvalue weighted by molar-refractivity contribution is 0.315. The summed E-state index contributed by atoms with van der Waals surface area (Å²) >= 11 is 0. The van der Waals surface area contributed by atoms with Crippen molar-refractivity contribution in [2.45, 2.75) is 32.1 Å². The number of anilines is 2. The molecule has 1 aliphatic rings. The molecule has 96 valence electrons. The minimum atomic E-state index is 0.606. The highest BCUT2D eigenvalue weighted by Gasteiger charge is 2.15. The maximum absolute atomic E-state index is 5.82.